The van der Waals surface area contributed by atoms with E-state index in [4.69, 9.17) is 0 Å². The van der Waals surface area contributed by atoms with Gasteiger partial charge in [0.05, 0.1) is 0 Å². The average molecular weight is 389 g/mol. The molecule has 0 radical (unpaired) electrons. The summed E-state index contributed by atoms with van der Waals surface area (Å²) in [6, 6.07) is 3.17. The molecule has 0 aliphatic heterocycles. The van der Waals surface area contributed by atoms with Crippen molar-refractivity contribution < 1.29 is 13.2 Å². The van der Waals surface area contributed by atoms with E-state index in [9.17, 15) is 13.2 Å². The minimum Gasteiger partial charge on any atom is -0.350 e. The summed E-state index contributed by atoms with van der Waals surface area (Å²) in [5, 5.41) is 12.9. The van der Waals surface area contributed by atoms with Crippen LogP contribution in [0.25, 0.3) is 0 Å². The molecule has 1 fully saturated rings. The van der Waals surface area contributed by atoms with Crippen molar-refractivity contribution >= 4 is 17.7 Å². The second kappa shape index (κ2) is 7.45. The van der Waals surface area contributed by atoms with Crippen molar-refractivity contribution in [3.63, 3.8) is 0 Å². The molecule has 0 unspecified atom stereocenters. The first-order valence-corrected chi connectivity index (χ1v) is 8.96. The molecule has 2 heterocycles. The summed E-state index contributed by atoms with van der Waals surface area (Å²) in [6.07, 6.45) is 2.84. The smallest absolute Gasteiger partial charge is 0.233 e. The molecule has 0 spiro atoms. The molecule has 0 saturated heterocycles. The molecular formula is C18H18F3N7. The predicted molar refractivity (Wildman–Crippen MR) is 96.7 cm³/mol. The Morgan fingerprint density at radius 3 is 2.43 bits per heavy atom. The molecule has 1 aliphatic rings. The molecule has 0 atom stereocenters. The normalized spacial score (nSPS) is 13.6. The van der Waals surface area contributed by atoms with Crippen molar-refractivity contribution in [1.82, 2.24) is 25.1 Å². The lowest BCUT2D eigenvalue weighted by atomic mass is 10.2. The zero-order chi connectivity index (χ0) is 19.7. The van der Waals surface area contributed by atoms with Crippen molar-refractivity contribution in [3.8, 4) is 0 Å². The van der Waals surface area contributed by atoms with E-state index >= 15 is 0 Å². The van der Waals surface area contributed by atoms with Crippen LogP contribution in [0.3, 0.4) is 0 Å². The second-order valence-corrected chi connectivity index (χ2v) is 6.56. The highest BCUT2D eigenvalue weighted by Gasteiger charge is 2.25. The maximum atomic E-state index is 13.8. The number of nitrogens with one attached hydrogen (secondary N) is 3. The molecule has 1 aliphatic carbocycles. The van der Waals surface area contributed by atoms with Gasteiger partial charge in [0.15, 0.2) is 5.82 Å². The number of aryl methyl sites for hydroxylation is 1. The standard InChI is InChI=1S/C18H18F3N7/c1-2-15-23-17(22-8-11-12(20)5-10(19)6-13(11)21)26-18(24-15)25-16-7-14(27-28-16)9-3-4-9/h5-7,9H,2-4,8H2,1H3,(H3,22,23,24,25,26,27,28). The number of nitrogens with zero attached hydrogens (tertiary/aromatic N) is 4. The van der Waals surface area contributed by atoms with Crippen LogP contribution in [-0.2, 0) is 13.0 Å². The summed E-state index contributed by atoms with van der Waals surface area (Å²) in [7, 11) is 0. The molecule has 3 N–H and O–H groups in total. The van der Waals surface area contributed by atoms with E-state index in [-0.39, 0.29) is 24.0 Å². The number of H-pyrrole nitrogens is 1. The van der Waals surface area contributed by atoms with Crippen LogP contribution in [0.1, 0.15) is 42.8 Å². The van der Waals surface area contributed by atoms with Gasteiger partial charge < -0.3 is 10.6 Å². The molecule has 0 amide bonds. The van der Waals surface area contributed by atoms with Gasteiger partial charge in [-0.2, -0.15) is 20.1 Å². The van der Waals surface area contributed by atoms with Crippen LogP contribution in [0.15, 0.2) is 18.2 Å². The Hall–Kier alpha value is -3.17. The van der Waals surface area contributed by atoms with E-state index in [1.54, 1.807) is 0 Å². The Kier molecular flexibility index (Phi) is 4.84. The van der Waals surface area contributed by atoms with E-state index in [0.29, 0.717) is 36.1 Å². The van der Waals surface area contributed by atoms with Crippen LogP contribution in [0, 0.1) is 17.5 Å². The summed E-state index contributed by atoms with van der Waals surface area (Å²) in [5.74, 6) is -0.892. The molecule has 146 valence electrons. The van der Waals surface area contributed by atoms with Crippen molar-refractivity contribution in [2.45, 2.75) is 38.6 Å². The zero-order valence-corrected chi connectivity index (χ0v) is 15.1. The first kappa shape index (κ1) is 18.2. The minimum absolute atomic E-state index is 0.149. The number of aromatic nitrogens is 5. The topological polar surface area (TPSA) is 91.4 Å². The fourth-order valence-corrected chi connectivity index (χ4v) is 2.74. The van der Waals surface area contributed by atoms with Gasteiger partial charge in [-0.05, 0) is 12.8 Å². The quantitative estimate of drug-likeness (QED) is 0.569. The van der Waals surface area contributed by atoms with Gasteiger partial charge in [-0.3, -0.25) is 5.10 Å². The van der Waals surface area contributed by atoms with Crippen molar-refractivity contribution in [2.24, 2.45) is 0 Å². The third-order valence-electron chi connectivity index (χ3n) is 4.38. The van der Waals surface area contributed by atoms with Crippen LogP contribution in [-0.4, -0.2) is 25.1 Å². The van der Waals surface area contributed by atoms with Crippen LogP contribution >= 0.6 is 0 Å². The third-order valence-corrected chi connectivity index (χ3v) is 4.38. The number of aromatic amines is 1. The van der Waals surface area contributed by atoms with Crippen LogP contribution in [0.2, 0.25) is 0 Å². The summed E-state index contributed by atoms with van der Waals surface area (Å²) in [5.41, 5.74) is 0.767. The van der Waals surface area contributed by atoms with Crippen LogP contribution in [0.5, 0.6) is 0 Å². The fraction of sp³-hybridized carbons (Fsp3) is 0.333. The highest BCUT2D eigenvalue weighted by atomic mass is 19.1. The number of anilines is 3. The van der Waals surface area contributed by atoms with Crippen molar-refractivity contribution in [3.05, 3.63) is 52.7 Å². The predicted octanol–water partition coefficient (Wildman–Crippen LogP) is 3.81. The lowest BCUT2D eigenvalue weighted by molar-refractivity contribution is 0.526. The summed E-state index contributed by atoms with van der Waals surface area (Å²) in [6.45, 7) is 1.64. The maximum Gasteiger partial charge on any atom is 0.233 e. The first-order valence-electron chi connectivity index (χ1n) is 8.96. The molecule has 28 heavy (non-hydrogen) atoms. The van der Waals surface area contributed by atoms with Crippen LogP contribution < -0.4 is 10.6 Å². The number of hydrogen-bond acceptors (Lipinski definition) is 6. The zero-order valence-electron chi connectivity index (χ0n) is 15.1. The molecule has 7 nitrogen and oxygen atoms in total. The molecule has 1 saturated carbocycles. The van der Waals surface area contributed by atoms with Gasteiger partial charge in [0.2, 0.25) is 11.9 Å². The third kappa shape index (κ3) is 4.05. The average Bonchev–Trinajstić information content (AvgIpc) is 3.40. The monoisotopic (exact) mass is 389 g/mol. The largest absolute Gasteiger partial charge is 0.350 e. The second-order valence-electron chi connectivity index (χ2n) is 6.56. The van der Waals surface area contributed by atoms with E-state index in [1.807, 2.05) is 13.0 Å². The van der Waals surface area contributed by atoms with Gasteiger partial charge in [0.1, 0.15) is 23.3 Å². The summed E-state index contributed by atoms with van der Waals surface area (Å²) >= 11 is 0. The van der Waals surface area contributed by atoms with Crippen LogP contribution in [0.4, 0.5) is 30.9 Å². The number of rotatable bonds is 7. The van der Waals surface area contributed by atoms with E-state index < -0.39 is 17.5 Å². The van der Waals surface area contributed by atoms with E-state index in [0.717, 1.165) is 18.5 Å². The number of benzene rings is 1. The maximum absolute atomic E-state index is 13.8. The number of halogens is 3. The Bertz CT molecular complexity index is 978. The Labute approximate surface area is 158 Å². The van der Waals surface area contributed by atoms with Gasteiger partial charge in [-0.1, -0.05) is 6.92 Å². The number of hydrogen-bond donors (Lipinski definition) is 3. The van der Waals surface area contributed by atoms with Crippen molar-refractivity contribution in [1.29, 1.82) is 0 Å². The van der Waals surface area contributed by atoms with Gasteiger partial charge in [0.25, 0.3) is 0 Å². The highest BCUT2D eigenvalue weighted by Crippen LogP contribution is 2.39. The first-order chi connectivity index (χ1) is 13.5. The molecular weight excluding hydrogens is 371 g/mol. The lowest BCUT2D eigenvalue weighted by Gasteiger charge is -2.10. The van der Waals surface area contributed by atoms with Gasteiger partial charge in [0, 0.05) is 48.3 Å². The van der Waals surface area contributed by atoms with Crippen molar-refractivity contribution in [2.75, 3.05) is 10.6 Å². The molecule has 1 aromatic carbocycles. The molecule has 2 aromatic heterocycles. The molecule has 4 rings (SSSR count). The minimum atomic E-state index is -0.975. The Morgan fingerprint density at radius 1 is 1.04 bits per heavy atom. The van der Waals surface area contributed by atoms with Gasteiger partial charge in [-0.25, -0.2) is 13.2 Å². The molecule has 3 aromatic rings. The molecule has 0 bridgehead atoms. The van der Waals surface area contributed by atoms with E-state index in [1.165, 1.54) is 0 Å². The fourth-order valence-electron chi connectivity index (χ4n) is 2.74. The Morgan fingerprint density at radius 2 is 1.75 bits per heavy atom. The van der Waals surface area contributed by atoms with E-state index in [2.05, 4.69) is 35.8 Å². The van der Waals surface area contributed by atoms with Gasteiger partial charge >= 0.3 is 0 Å². The highest BCUT2D eigenvalue weighted by molar-refractivity contribution is 5.50. The molecule has 10 heteroatoms. The Balaban J connectivity index is 1.51. The summed E-state index contributed by atoms with van der Waals surface area (Å²) < 4.78 is 40.6. The SMILES string of the molecule is CCc1nc(NCc2c(F)cc(F)cc2F)nc(Nc2cc(C3CC3)[nH]n2)n1. The lowest BCUT2D eigenvalue weighted by Crippen LogP contribution is -2.11. The summed E-state index contributed by atoms with van der Waals surface area (Å²) in [4.78, 5) is 12.7. The van der Waals surface area contributed by atoms with Gasteiger partial charge in [-0.15, -0.1) is 0 Å².